The van der Waals surface area contributed by atoms with E-state index in [1.165, 1.54) is 22.6 Å². The Morgan fingerprint density at radius 1 is 0.958 bits per heavy atom. The fourth-order valence-corrected chi connectivity index (χ4v) is 5.36. The number of amides is 2. The predicted octanol–water partition coefficient (Wildman–Crippen LogP) is 7.39. The third-order valence-corrected chi connectivity index (χ3v) is 8.49. The van der Waals surface area contributed by atoms with Crippen molar-refractivity contribution in [2.45, 2.75) is 58.4 Å². The molecule has 3 N–H and O–H groups in total. The largest absolute Gasteiger partial charge is 0.455 e. The third kappa shape index (κ3) is 7.98. The van der Waals surface area contributed by atoms with Gasteiger partial charge in [0.05, 0.1) is 33.8 Å². The lowest BCUT2D eigenvalue weighted by Gasteiger charge is -2.34. The van der Waals surface area contributed by atoms with Gasteiger partial charge in [-0.05, 0) is 30.5 Å². The summed E-state index contributed by atoms with van der Waals surface area (Å²) in [5, 5.41) is 7.59. The number of anilines is 3. The van der Waals surface area contributed by atoms with E-state index in [9.17, 15) is 44.7 Å². The first-order chi connectivity index (χ1) is 22.0. The average molecular weight is 733 g/mol. The van der Waals surface area contributed by atoms with Gasteiger partial charge in [-0.2, -0.15) is 35.1 Å². The first kappa shape index (κ1) is 37.2. The molecule has 0 radical (unpaired) electrons. The van der Waals surface area contributed by atoms with Crippen LogP contribution in [-0.4, -0.2) is 64.3 Å². The van der Waals surface area contributed by atoms with Crippen molar-refractivity contribution >= 4 is 63.6 Å². The summed E-state index contributed by atoms with van der Waals surface area (Å²) in [6, 6.07) is 4.23. The maximum Gasteiger partial charge on any atom is 0.455 e. The second-order valence-corrected chi connectivity index (χ2v) is 13.1. The lowest BCUT2D eigenvalue weighted by atomic mass is 9.95. The van der Waals surface area contributed by atoms with Gasteiger partial charge in [0.2, 0.25) is 11.9 Å². The number of pyridine rings is 1. The van der Waals surface area contributed by atoms with Crippen LogP contribution in [0.25, 0.3) is 11.2 Å². The number of aromatic nitrogens is 3. The standard InChI is InChI=1S/C29H31Cl2F8N7O2/c1-26(2,3)24(48)40-12-14-5-6-17(30)20(19(14)31)43-25-42-18-11-16(23(47)41-13-27(32,33)29(37,38)39)21(44-22(18)45(25)4)46-9-7-15(8-10-46)28(34,35)36/h5-6,11,15H,7-10,12-13H2,1-4H3,(H,40,48)(H,41,47)(H,42,43). The van der Waals surface area contributed by atoms with E-state index in [-0.39, 0.29) is 77.0 Å². The number of carbonyl (C=O) groups excluding carboxylic acids is 2. The second-order valence-electron chi connectivity index (χ2n) is 12.3. The molecule has 19 heteroatoms. The number of fused-ring (bicyclic) bond motifs is 1. The van der Waals surface area contributed by atoms with Crippen molar-refractivity contribution in [3.05, 3.63) is 39.4 Å². The average Bonchev–Trinajstić information content (AvgIpc) is 3.29. The van der Waals surface area contributed by atoms with E-state index in [2.05, 4.69) is 20.6 Å². The molecule has 3 heterocycles. The van der Waals surface area contributed by atoms with E-state index in [1.54, 1.807) is 32.2 Å². The topological polar surface area (TPSA) is 104 Å². The van der Waals surface area contributed by atoms with Crippen molar-refractivity contribution in [3.63, 3.8) is 0 Å². The summed E-state index contributed by atoms with van der Waals surface area (Å²) in [6.45, 7) is 2.74. The van der Waals surface area contributed by atoms with E-state index in [1.807, 2.05) is 0 Å². The number of piperidine rings is 1. The minimum atomic E-state index is -5.94. The van der Waals surface area contributed by atoms with Crippen LogP contribution < -0.4 is 20.9 Å². The van der Waals surface area contributed by atoms with Gasteiger partial charge in [-0.1, -0.05) is 50.0 Å². The Labute approximate surface area is 279 Å². The number of nitrogens with zero attached hydrogens (tertiary/aromatic N) is 4. The van der Waals surface area contributed by atoms with Crippen LogP contribution in [0, 0.1) is 11.3 Å². The van der Waals surface area contributed by atoms with Gasteiger partial charge in [0.1, 0.15) is 11.3 Å². The number of halogens is 10. The van der Waals surface area contributed by atoms with E-state index in [0.717, 1.165) is 6.07 Å². The normalized spacial score (nSPS) is 15.2. The van der Waals surface area contributed by atoms with E-state index >= 15 is 0 Å². The molecule has 0 spiro atoms. The lowest BCUT2D eigenvalue weighted by Crippen LogP contribution is -2.47. The highest BCUT2D eigenvalue weighted by molar-refractivity contribution is 6.39. The monoisotopic (exact) mass is 731 g/mol. The molecule has 0 saturated carbocycles. The van der Waals surface area contributed by atoms with Gasteiger partial charge in [-0.15, -0.1) is 0 Å². The molecule has 1 aliphatic heterocycles. The summed E-state index contributed by atoms with van der Waals surface area (Å²) in [5.41, 5.74) is -0.380. The Kier molecular flexibility index (Phi) is 10.4. The van der Waals surface area contributed by atoms with Crippen LogP contribution in [0.15, 0.2) is 18.2 Å². The molecule has 0 atom stereocenters. The van der Waals surface area contributed by atoms with Gasteiger partial charge < -0.3 is 20.9 Å². The zero-order chi connectivity index (χ0) is 36.0. The Hall–Kier alpha value is -3.60. The van der Waals surface area contributed by atoms with Crippen LogP contribution in [0.5, 0.6) is 0 Å². The molecule has 264 valence electrons. The Morgan fingerprint density at radius 2 is 1.58 bits per heavy atom. The molecule has 1 aliphatic rings. The van der Waals surface area contributed by atoms with Gasteiger partial charge >= 0.3 is 18.3 Å². The van der Waals surface area contributed by atoms with E-state index in [0.29, 0.717) is 5.56 Å². The third-order valence-electron chi connectivity index (χ3n) is 7.74. The molecule has 2 amide bonds. The number of aryl methyl sites for hydroxylation is 1. The zero-order valence-corrected chi connectivity index (χ0v) is 27.4. The van der Waals surface area contributed by atoms with Gasteiger partial charge in [-0.25, -0.2) is 9.97 Å². The first-order valence-corrected chi connectivity index (χ1v) is 15.2. The van der Waals surface area contributed by atoms with Gasteiger partial charge in [0.25, 0.3) is 5.91 Å². The summed E-state index contributed by atoms with van der Waals surface area (Å²) in [4.78, 5) is 35.5. The predicted molar refractivity (Wildman–Crippen MR) is 164 cm³/mol. The summed E-state index contributed by atoms with van der Waals surface area (Å²) in [5.74, 6) is -8.64. The molecule has 9 nitrogen and oxygen atoms in total. The summed E-state index contributed by atoms with van der Waals surface area (Å²) in [6.07, 6.45) is -11.1. The summed E-state index contributed by atoms with van der Waals surface area (Å²) >= 11 is 13.0. The Bertz CT molecular complexity index is 1700. The molecule has 2 aromatic heterocycles. The van der Waals surface area contributed by atoms with Crippen LogP contribution in [0.1, 0.15) is 49.5 Å². The smallest absolute Gasteiger partial charge is 0.356 e. The fourth-order valence-electron chi connectivity index (χ4n) is 4.83. The van der Waals surface area contributed by atoms with Crippen molar-refractivity contribution in [3.8, 4) is 0 Å². The number of rotatable bonds is 8. The fraction of sp³-hybridized carbons (Fsp3) is 0.517. The lowest BCUT2D eigenvalue weighted by molar-refractivity contribution is -0.278. The molecule has 1 saturated heterocycles. The maximum atomic E-state index is 13.6. The highest BCUT2D eigenvalue weighted by atomic mass is 35.5. The van der Waals surface area contributed by atoms with Crippen molar-refractivity contribution in [1.29, 1.82) is 0 Å². The number of benzene rings is 1. The molecule has 0 aliphatic carbocycles. The van der Waals surface area contributed by atoms with Gasteiger partial charge in [0.15, 0.2) is 5.65 Å². The summed E-state index contributed by atoms with van der Waals surface area (Å²) in [7, 11) is 1.50. The number of imidazole rings is 1. The molecule has 1 aromatic carbocycles. The van der Waals surface area contributed by atoms with Gasteiger partial charge in [0, 0.05) is 32.1 Å². The van der Waals surface area contributed by atoms with Gasteiger partial charge in [-0.3, -0.25) is 14.2 Å². The maximum absolute atomic E-state index is 13.6. The molecule has 3 aromatic rings. The number of hydrogen-bond acceptors (Lipinski definition) is 6. The van der Waals surface area contributed by atoms with Crippen LogP contribution in [-0.2, 0) is 18.4 Å². The van der Waals surface area contributed by atoms with Crippen LogP contribution in [0.3, 0.4) is 0 Å². The number of carbonyl (C=O) groups is 2. The number of nitrogens with one attached hydrogen (secondary N) is 3. The van der Waals surface area contributed by atoms with Crippen molar-refractivity contribution in [2.24, 2.45) is 18.4 Å². The molecule has 0 bridgehead atoms. The highest BCUT2D eigenvalue weighted by Crippen LogP contribution is 2.39. The Balaban J connectivity index is 1.71. The number of alkyl halides is 8. The molecule has 0 unspecified atom stereocenters. The van der Waals surface area contributed by atoms with Crippen molar-refractivity contribution in [1.82, 2.24) is 25.2 Å². The minimum absolute atomic E-state index is 0.0116. The SMILES string of the molecule is Cn1c(Nc2c(Cl)ccc(CNC(=O)C(C)(C)C)c2Cl)nc2cc(C(=O)NCC(F)(F)C(F)(F)F)c(N3CCC(C(F)(F)F)CC3)nc21. The van der Waals surface area contributed by atoms with Crippen molar-refractivity contribution < 1.29 is 44.7 Å². The van der Waals surface area contributed by atoms with Crippen LogP contribution >= 0.6 is 23.2 Å². The van der Waals surface area contributed by atoms with E-state index in [4.69, 9.17) is 23.2 Å². The molecule has 1 fully saturated rings. The Morgan fingerprint density at radius 3 is 2.15 bits per heavy atom. The first-order valence-electron chi connectivity index (χ1n) is 14.5. The molecule has 48 heavy (non-hydrogen) atoms. The van der Waals surface area contributed by atoms with E-state index < -0.39 is 47.6 Å². The summed E-state index contributed by atoms with van der Waals surface area (Å²) < 4.78 is 107. The minimum Gasteiger partial charge on any atom is -0.356 e. The van der Waals surface area contributed by atoms with Crippen LogP contribution in [0.4, 0.5) is 52.6 Å². The quantitative estimate of drug-likeness (QED) is 0.209. The zero-order valence-electron chi connectivity index (χ0n) is 25.9. The highest BCUT2D eigenvalue weighted by Gasteiger charge is 2.57. The van der Waals surface area contributed by atoms with Crippen LogP contribution in [0.2, 0.25) is 10.0 Å². The molecular formula is C29H31Cl2F8N7O2. The number of hydrogen-bond donors (Lipinski definition) is 3. The second kappa shape index (κ2) is 13.4. The van der Waals surface area contributed by atoms with Crippen molar-refractivity contribution in [2.75, 3.05) is 29.9 Å². The molecule has 4 rings (SSSR count). The molecular weight excluding hydrogens is 701 g/mol.